The van der Waals surface area contributed by atoms with Crippen molar-refractivity contribution >= 4 is 0 Å². The maximum Gasteiger partial charge on any atom is 0.411 e. The second-order valence-electron chi connectivity index (χ2n) is 3.90. The molecule has 18 heavy (non-hydrogen) atoms. The van der Waals surface area contributed by atoms with Crippen molar-refractivity contribution in [3.8, 4) is 0 Å². The van der Waals surface area contributed by atoms with Gasteiger partial charge in [-0.05, 0) is 24.6 Å². The minimum absolute atomic E-state index is 0.0228. The van der Waals surface area contributed by atoms with Crippen molar-refractivity contribution in [3.05, 3.63) is 35.6 Å². The Bertz CT molecular complexity index is 350. The highest BCUT2D eigenvalue weighted by molar-refractivity contribution is 5.19. The van der Waals surface area contributed by atoms with Gasteiger partial charge >= 0.3 is 6.18 Å². The molecule has 1 N–H and O–H groups in total. The van der Waals surface area contributed by atoms with Gasteiger partial charge in [-0.3, -0.25) is 0 Å². The van der Waals surface area contributed by atoms with Crippen LogP contribution in [-0.4, -0.2) is 25.9 Å². The second kappa shape index (κ2) is 6.70. The number of ether oxygens (including phenoxy) is 1. The van der Waals surface area contributed by atoms with Crippen LogP contribution in [0.15, 0.2) is 24.3 Å². The van der Waals surface area contributed by atoms with Crippen molar-refractivity contribution < 1.29 is 22.3 Å². The third-order valence-electron chi connectivity index (χ3n) is 2.33. The summed E-state index contributed by atoms with van der Waals surface area (Å²) in [6.07, 6.45) is -4.29. The summed E-state index contributed by atoms with van der Waals surface area (Å²) < 4.78 is 52.4. The topological polar surface area (TPSA) is 21.3 Å². The first-order valence-electron chi connectivity index (χ1n) is 5.52. The molecule has 0 aliphatic rings. The summed E-state index contributed by atoms with van der Waals surface area (Å²) in [6.45, 7) is 0.885. The molecule has 0 aromatic heterocycles. The van der Waals surface area contributed by atoms with Crippen molar-refractivity contribution in [2.45, 2.75) is 19.1 Å². The SMILES string of the molecule is CC(NCCOCC(F)(F)F)c1ccc(F)cc1. The molecule has 0 fully saturated rings. The third kappa shape index (κ3) is 5.97. The molecule has 6 heteroatoms. The average molecular weight is 265 g/mol. The molecular weight excluding hydrogens is 250 g/mol. The fourth-order valence-corrected chi connectivity index (χ4v) is 1.40. The number of nitrogens with one attached hydrogen (secondary N) is 1. The van der Waals surface area contributed by atoms with Gasteiger partial charge in [0.15, 0.2) is 0 Å². The highest BCUT2D eigenvalue weighted by atomic mass is 19.4. The van der Waals surface area contributed by atoms with E-state index >= 15 is 0 Å². The van der Waals surface area contributed by atoms with E-state index in [2.05, 4.69) is 10.1 Å². The van der Waals surface area contributed by atoms with E-state index in [9.17, 15) is 17.6 Å². The summed E-state index contributed by atoms with van der Waals surface area (Å²) in [7, 11) is 0. The fourth-order valence-electron chi connectivity index (χ4n) is 1.40. The van der Waals surface area contributed by atoms with Gasteiger partial charge < -0.3 is 10.1 Å². The van der Waals surface area contributed by atoms with Gasteiger partial charge in [-0.1, -0.05) is 12.1 Å². The lowest BCUT2D eigenvalue weighted by atomic mass is 10.1. The van der Waals surface area contributed by atoms with Gasteiger partial charge in [-0.15, -0.1) is 0 Å². The number of hydrogen-bond donors (Lipinski definition) is 1. The van der Waals surface area contributed by atoms with E-state index in [1.54, 1.807) is 12.1 Å². The van der Waals surface area contributed by atoms with Gasteiger partial charge in [0.25, 0.3) is 0 Å². The van der Waals surface area contributed by atoms with Crippen LogP contribution in [0.3, 0.4) is 0 Å². The number of hydrogen-bond acceptors (Lipinski definition) is 2. The van der Waals surface area contributed by atoms with Crippen LogP contribution in [0.5, 0.6) is 0 Å². The van der Waals surface area contributed by atoms with Crippen LogP contribution in [0.1, 0.15) is 18.5 Å². The molecule has 0 aliphatic heterocycles. The fraction of sp³-hybridized carbons (Fsp3) is 0.500. The monoisotopic (exact) mass is 265 g/mol. The molecule has 0 saturated heterocycles. The number of alkyl halides is 3. The molecule has 0 heterocycles. The van der Waals surface area contributed by atoms with E-state index < -0.39 is 12.8 Å². The molecule has 0 radical (unpaired) electrons. The van der Waals surface area contributed by atoms with Crippen LogP contribution in [0.25, 0.3) is 0 Å². The molecule has 0 bridgehead atoms. The molecule has 0 aliphatic carbocycles. The van der Waals surface area contributed by atoms with Crippen molar-refractivity contribution in [2.24, 2.45) is 0 Å². The Kier molecular flexibility index (Phi) is 5.55. The molecule has 102 valence electrons. The zero-order valence-corrected chi connectivity index (χ0v) is 9.93. The smallest absolute Gasteiger partial charge is 0.371 e. The van der Waals surface area contributed by atoms with Gasteiger partial charge in [-0.25, -0.2) is 4.39 Å². The summed E-state index contributed by atoms with van der Waals surface area (Å²) in [5.41, 5.74) is 0.868. The largest absolute Gasteiger partial charge is 0.411 e. The first-order chi connectivity index (χ1) is 8.38. The van der Waals surface area contributed by atoms with Gasteiger partial charge in [-0.2, -0.15) is 13.2 Å². The van der Waals surface area contributed by atoms with Crippen LogP contribution >= 0.6 is 0 Å². The first-order valence-corrected chi connectivity index (χ1v) is 5.52. The zero-order chi connectivity index (χ0) is 13.6. The maximum atomic E-state index is 12.7. The van der Waals surface area contributed by atoms with Crippen molar-refractivity contribution in [1.29, 1.82) is 0 Å². The highest BCUT2D eigenvalue weighted by Gasteiger charge is 2.27. The Hall–Kier alpha value is -1.14. The Morgan fingerprint density at radius 2 is 1.83 bits per heavy atom. The summed E-state index contributed by atoms with van der Waals surface area (Å²) in [4.78, 5) is 0. The zero-order valence-electron chi connectivity index (χ0n) is 9.93. The lowest BCUT2D eigenvalue weighted by Gasteiger charge is -2.14. The van der Waals surface area contributed by atoms with E-state index in [1.807, 2.05) is 6.92 Å². The molecule has 1 atom stereocenters. The minimum atomic E-state index is -4.29. The minimum Gasteiger partial charge on any atom is -0.371 e. The van der Waals surface area contributed by atoms with Gasteiger partial charge in [0, 0.05) is 12.6 Å². The quantitative estimate of drug-likeness (QED) is 0.630. The number of benzene rings is 1. The molecular formula is C12H15F4NO. The lowest BCUT2D eigenvalue weighted by molar-refractivity contribution is -0.173. The number of halogens is 4. The molecule has 0 saturated carbocycles. The summed E-state index contributed by atoms with van der Waals surface area (Å²) >= 11 is 0. The van der Waals surface area contributed by atoms with Gasteiger partial charge in [0.2, 0.25) is 0 Å². The van der Waals surface area contributed by atoms with Gasteiger partial charge in [0.1, 0.15) is 12.4 Å². The Morgan fingerprint density at radius 1 is 1.22 bits per heavy atom. The molecule has 1 aromatic carbocycles. The lowest BCUT2D eigenvalue weighted by Crippen LogP contribution is -2.25. The highest BCUT2D eigenvalue weighted by Crippen LogP contribution is 2.14. The van der Waals surface area contributed by atoms with E-state index in [0.29, 0.717) is 6.54 Å². The summed E-state index contributed by atoms with van der Waals surface area (Å²) in [6, 6.07) is 5.87. The van der Waals surface area contributed by atoms with E-state index in [4.69, 9.17) is 0 Å². The molecule has 1 aromatic rings. The summed E-state index contributed by atoms with van der Waals surface area (Å²) in [5, 5.41) is 2.99. The van der Waals surface area contributed by atoms with Crippen molar-refractivity contribution in [3.63, 3.8) is 0 Å². The second-order valence-corrected chi connectivity index (χ2v) is 3.90. The maximum absolute atomic E-state index is 12.7. The van der Waals surface area contributed by atoms with Crippen LogP contribution in [0.4, 0.5) is 17.6 Å². The number of rotatable bonds is 6. The van der Waals surface area contributed by atoms with Crippen LogP contribution in [0, 0.1) is 5.82 Å². The van der Waals surface area contributed by atoms with E-state index in [0.717, 1.165) is 5.56 Å². The third-order valence-corrected chi connectivity index (χ3v) is 2.33. The summed E-state index contributed by atoms with van der Waals surface area (Å²) in [5.74, 6) is -0.320. The first kappa shape index (κ1) is 14.9. The molecule has 1 rings (SSSR count). The molecule has 1 unspecified atom stereocenters. The normalized spacial score (nSPS) is 13.6. The Labute approximate surface area is 103 Å². The predicted molar refractivity (Wildman–Crippen MR) is 59.7 cm³/mol. The van der Waals surface area contributed by atoms with Gasteiger partial charge in [0.05, 0.1) is 6.61 Å². The molecule has 0 amide bonds. The van der Waals surface area contributed by atoms with E-state index in [-0.39, 0.29) is 18.5 Å². The van der Waals surface area contributed by atoms with E-state index in [1.165, 1.54) is 12.1 Å². The molecule has 0 spiro atoms. The standard InChI is InChI=1S/C12H15F4NO/c1-9(10-2-4-11(13)5-3-10)17-6-7-18-8-12(14,15)16/h2-5,9,17H,6-8H2,1H3. The van der Waals surface area contributed by atoms with Crippen LogP contribution in [0.2, 0.25) is 0 Å². The average Bonchev–Trinajstić information content (AvgIpc) is 2.27. The molecule has 2 nitrogen and oxygen atoms in total. The van der Waals surface area contributed by atoms with Crippen molar-refractivity contribution in [1.82, 2.24) is 5.32 Å². The van der Waals surface area contributed by atoms with Crippen LogP contribution < -0.4 is 5.32 Å². The predicted octanol–water partition coefficient (Wildman–Crippen LogP) is 3.06. The Morgan fingerprint density at radius 3 is 2.39 bits per heavy atom. The van der Waals surface area contributed by atoms with Crippen molar-refractivity contribution in [2.75, 3.05) is 19.8 Å². The Balaban J connectivity index is 2.21. The van der Waals surface area contributed by atoms with Crippen LogP contribution in [-0.2, 0) is 4.74 Å².